The highest BCUT2D eigenvalue weighted by atomic mass is 32.1. The zero-order chi connectivity index (χ0) is 5.70. The summed E-state index contributed by atoms with van der Waals surface area (Å²) in [5.74, 6) is 0. The first-order valence-corrected chi connectivity index (χ1v) is 2.23. The number of hydrogen-bond donors (Lipinski definition) is 1. The third-order valence-corrected chi connectivity index (χ3v) is 0.410. The monoisotopic (exact) mass is 118 g/mol. The van der Waals surface area contributed by atoms with Crippen molar-refractivity contribution in [3.63, 3.8) is 0 Å². The van der Waals surface area contributed by atoms with Crippen molar-refractivity contribution in [2.45, 2.75) is 6.92 Å². The number of ether oxygens (including phenoxy) is 1. The van der Waals surface area contributed by atoms with Crippen molar-refractivity contribution >= 4 is 17.9 Å². The number of hydrogen-bond acceptors (Lipinski definition) is 2. The molecule has 0 aromatic heterocycles. The SMILES string of the molecule is C/C=C\OC(=O)S. The summed E-state index contributed by atoms with van der Waals surface area (Å²) in [6, 6.07) is 0. The Morgan fingerprint density at radius 1 is 1.86 bits per heavy atom. The van der Waals surface area contributed by atoms with Crippen molar-refractivity contribution in [2.24, 2.45) is 0 Å². The van der Waals surface area contributed by atoms with Gasteiger partial charge in [-0.15, -0.1) is 0 Å². The minimum Gasteiger partial charge on any atom is -0.427 e. The highest BCUT2D eigenvalue weighted by Crippen LogP contribution is 1.84. The highest BCUT2D eigenvalue weighted by Gasteiger charge is 1.82. The van der Waals surface area contributed by atoms with Crippen molar-refractivity contribution in [1.29, 1.82) is 0 Å². The van der Waals surface area contributed by atoms with Gasteiger partial charge in [-0.1, -0.05) is 18.7 Å². The second-order valence-corrected chi connectivity index (χ2v) is 1.22. The average molecular weight is 118 g/mol. The van der Waals surface area contributed by atoms with Gasteiger partial charge in [0.15, 0.2) is 0 Å². The van der Waals surface area contributed by atoms with Gasteiger partial charge in [-0.05, 0) is 6.92 Å². The fraction of sp³-hybridized carbons (Fsp3) is 0.250. The summed E-state index contributed by atoms with van der Waals surface area (Å²) in [4.78, 5) is 9.79. The minimum absolute atomic E-state index is 0.585. The molecular formula is C4H6O2S. The lowest BCUT2D eigenvalue weighted by molar-refractivity contribution is 0.214. The highest BCUT2D eigenvalue weighted by molar-refractivity contribution is 7.96. The molecule has 0 bridgehead atoms. The van der Waals surface area contributed by atoms with Gasteiger partial charge in [0.1, 0.15) is 0 Å². The van der Waals surface area contributed by atoms with Gasteiger partial charge in [-0.25, -0.2) is 4.79 Å². The Balaban J connectivity index is 3.14. The number of carbonyl (C=O) groups is 1. The van der Waals surface area contributed by atoms with Crippen LogP contribution in [0.2, 0.25) is 0 Å². The molecule has 0 spiro atoms. The van der Waals surface area contributed by atoms with Crippen LogP contribution in [0.1, 0.15) is 6.92 Å². The quantitative estimate of drug-likeness (QED) is 0.321. The zero-order valence-corrected chi connectivity index (χ0v) is 4.81. The van der Waals surface area contributed by atoms with E-state index in [-0.39, 0.29) is 0 Å². The van der Waals surface area contributed by atoms with E-state index in [0.717, 1.165) is 0 Å². The molecule has 0 amide bonds. The van der Waals surface area contributed by atoms with E-state index in [1.807, 2.05) is 0 Å². The van der Waals surface area contributed by atoms with Crippen LogP contribution in [0.25, 0.3) is 0 Å². The maximum Gasteiger partial charge on any atom is 0.369 e. The molecular weight excluding hydrogens is 112 g/mol. The molecule has 0 heterocycles. The van der Waals surface area contributed by atoms with E-state index in [2.05, 4.69) is 17.4 Å². The van der Waals surface area contributed by atoms with Crippen molar-refractivity contribution in [2.75, 3.05) is 0 Å². The van der Waals surface area contributed by atoms with E-state index < -0.39 is 5.30 Å². The third-order valence-electron chi connectivity index (χ3n) is 0.305. The van der Waals surface area contributed by atoms with E-state index in [0.29, 0.717) is 0 Å². The number of allylic oxidation sites excluding steroid dienone is 1. The van der Waals surface area contributed by atoms with Crippen LogP contribution in [0.5, 0.6) is 0 Å². The third kappa shape index (κ3) is 5.56. The standard InChI is InChI=1S/C4H6O2S/c1-2-3-6-4(5)7/h2-3H,1H3,(H,5,7)/b3-2-. The van der Waals surface area contributed by atoms with E-state index in [1.165, 1.54) is 6.26 Å². The summed E-state index contributed by atoms with van der Waals surface area (Å²) in [6.07, 6.45) is 2.88. The van der Waals surface area contributed by atoms with Gasteiger partial charge in [-0.2, -0.15) is 0 Å². The normalized spacial score (nSPS) is 9.43. The smallest absolute Gasteiger partial charge is 0.369 e. The fourth-order valence-corrected chi connectivity index (χ4v) is 0.187. The maximum atomic E-state index is 9.79. The van der Waals surface area contributed by atoms with Crippen LogP contribution < -0.4 is 0 Å². The van der Waals surface area contributed by atoms with E-state index >= 15 is 0 Å². The Bertz CT molecular complexity index is 87.7. The van der Waals surface area contributed by atoms with Crippen molar-refractivity contribution in [3.05, 3.63) is 12.3 Å². The topological polar surface area (TPSA) is 26.3 Å². The fourth-order valence-electron chi connectivity index (χ4n) is 0.126. The molecule has 0 radical (unpaired) electrons. The molecule has 0 saturated heterocycles. The Morgan fingerprint density at radius 3 is 2.57 bits per heavy atom. The molecule has 0 fully saturated rings. The lowest BCUT2D eigenvalue weighted by Gasteiger charge is -1.84. The van der Waals surface area contributed by atoms with Gasteiger partial charge < -0.3 is 4.74 Å². The summed E-state index contributed by atoms with van der Waals surface area (Å²) < 4.78 is 4.24. The second-order valence-electron chi connectivity index (χ2n) is 0.853. The van der Waals surface area contributed by atoms with Gasteiger partial charge in [0.2, 0.25) is 0 Å². The lowest BCUT2D eigenvalue weighted by atomic mass is 10.7. The molecule has 0 unspecified atom stereocenters. The summed E-state index contributed by atoms with van der Waals surface area (Å²) in [7, 11) is 0. The maximum absolute atomic E-state index is 9.79. The number of rotatable bonds is 1. The second kappa shape index (κ2) is 3.74. The van der Waals surface area contributed by atoms with Crippen molar-refractivity contribution in [1.82, 2.24) is 0 Å². The molecule has 0 aromatic rings. The Kier molecular flexibility index (Phi) is 3.50. The summed E-state index contributed by atoms with van der Waals surface area (Å²) >= 11 is 3.32. The molecule has 0 rings (SSSR count). The molecule has 0 aliphatic heterocycles. The summed E-state index contributed by atoms with van der Waals surface area (Å²) in [5.41, 5.74) is 0. The van der Waals surface area contributed by atoms with Crippen LogP contribution in [0.15, 0.2) is 12.3 Å². The van der Waals surface area contributed by atoms with Gasteiger partial charge in [-0.3, -0.25) is 0 Å². The summed E-state index contributed by atoms with van der Waals surface area (Å²) in [6.45, 7) is 1.75. The van der Waals surface area contributed by atoms with E-state index in [1.54, 1.807) is 13.0 Å². The van der Waals surface area contributed by atoms with Gasteiger partial charge in [0.25, 0.3) is 0 Å². The van der Waals surface area contributed by atoms with Crippen LogP contribution in [0.3, 0.4) is 0 Å². The lowest BCUT2D eigenvalue weighted by Crippen LogP contribution is -1.80. The van der Waals surface area contributed by atoms with Gasteiger partial charge >= 0.3 is 5.30 Å². The molecule has 0 aromatic carbocycles. The van der Waals surface area contributed by atoms with Gasteiger partial charge in [0, 0.05) is 0 Å². The van der Waals surface area contributed by atoms with Crippen molar-refractivity contribution < 1.29 is 9.53 Å². The Labute approximate surface area is 47.6 Å². The first-order chi connectivity index (χ1) is 3.27. The van der Waals surface area contributed by atoms with Crippen LogP contribution in [-0.2, 0) is 4.74 Å². The van der Waals surface area contributed by atoms with Gasteiger partial charge in [0.05, 0.1) is 6.26 Å². The molecule has 0 saturated carbocycles. The van der Waals surface area contributed by atoms with Crippen LogP contribution in [0.4, 0.5) is 4.79 Å². The van der Waals surface area contributed by atoms with E-state index in [4.69, 9.17) is 0 Å². The largest absolute Gasteiger partial charge is 0.427 e. The predicted molar refractivity (Wildman–Crippen MR) is 30.3 cm³/mol. The Hall–Kier alpha value is -0.440. The van der Waals surface area contributed by atoms with E-state index in [9.17, 15) is 4.79 Å². The molecule has 0 N–H and O–H groups in total. The molecule has 0 aliphatic carbocycles. The Morgan fingerprint density at radius 2 is 2.43 bits per heavy atom. The first kappa shape index (κ1) is 6.56. The first-order valence-electron chi connectivity index (χ1n) is 1.78. The molecule has 0 atom stereocenters. The molecule has 2 nitrogen and oxygen atoms in total. The number of carbonyl (C=O) groups excluding carboxylic acids is 1. The van der Waals surface area contributed by atoms with Crippen molar-refractivity contribution in [3.8, 4) is 0 Å². The predicted octanol–water partition coefficient (Wildman–Crippen LogP) is 1.59. The van der Waals surface area contributed by atoms with Crippen LogP contribution in [0, 0.1) is 0 Å². The molecule has 0 aliphatic rings. The summed E-state index contributed by atoms with van der Waals surface area (Å²) in [5, 5.41) is -0.585. The minimum atomic E-state index is -0.585. The zero-order valence-electron chi connectivity index (χ0n) is 3.92. The number of thiol groups is 1. The molecule has 7 heavy (non-hydrogen) atoms. The van der Waals surface area contributed by atoms with Crippen LogP contribution >= 0.6 is 12.6 Å². The molecule has 40 valence electrons. The average Bonchev–Trinajstić information content (AvgIpc) is 1.61. The molecule has 3 heteroatoms. The van der Waals surface area contributed by atoms with Crippen LogP contribution in [-0.4, -0.2) is 5.30 Å².